The number of nitrogens with zero attached hydrogens (tertiary/aromatic N) is 1. The van der Waals surface area contributed by atoms with Gasteiger partial charge in [0.25, 0.3) is 11.8 Å². The molecule has 1 fully saturated rings. The maximum atomic E-state index is 13.4. The van der Waals surface area contributed by atoms with E-state index in [0.29, 0.717) is 22.9 Å². The number of aromatic nitrogens is 1. The first-order valence-electron chi connectivity index (χ1n) is 12.1. The third-order valence-corrected chi connectivity index (χ3v) is 6.90. The van der Waals surface area contributed by atoms with Crippen LogP contribution < -0.4 is 15.4 Å². The molecular weight excluding hydrogens is 529 g/mol. The first kappa shape index (κ1) is 27.4. The smallest absolute Gasteiger partial charge is 0.313 e. The summed E-state index contributed by atoms with van der Waals surface area (Å²) in [6.07, 6.45) is 2.61. The number of benzene rings is 2. The maximum absolute atomic E-state index is 13.4. The van der Waals surface area contributed by atoms with Gasteiger partial charge < -0.3 is 20.1 Å². The normalized spacial score (nSPS) is 13.5. The molecule has 0 spiro atoms. The van der Waals surface area contributed by atoms with E-state index in [1.54, 1.807) is 31.2 Å². The quantitative estimate of drug-likeness (QED) is 0.341. The molecule has 0 bridgehead atoms. The molecule has 198 valence electrons. The van der Waals surface area contributed by atoms with Crippen LogP contribution in [0.15, 0.2) is 60.8 Å². The number of halogens is 2. The predicted octanol–water partition coefficient (Wildman–Crippen LogP) is 4.99. The van der Waals surface area contributed by atoms with E-state index in [1.165, 1.54) is 19.4 Å². The fourth-order valence-electron chi connectivity index (χ4n) is 4.01. The average Bonchev–Trinajstić information content (AvgIpc) is 3.72. The molecule has 0 aliphatic heterocycles. The lowest BCUT2D eigenvalue weighted by Crippen LogP contribution is -2.35. The van der Waals surface area contributed by atoms with Gasteiger partial charge in [-0.15, -0.1) is 0 Å². The molecule has 3 aromatic rings. The fraction of sp³-hybridized carbons (Fsp3) is 0.286. The first-order chi connectivity index (χ1) is 18.3. The van der Waals surface area contributed by atoms with E-state index < -0.39 is 23.3 Å². The molecule has 8 nitrogen and oxygen atoms in total. The molecule has 2 amide bonds. The van der Waals surface area contributed by atoms with Crippen LogP contribution in [0.1, 0.15) is 57.8 Å². The highest BCUT2D eigenvalue weighted by Gasteiger charge is 2.51. The van der Waals surface area contributed by atoms with Crippen LogP contribution >= 0.6 is 23.2 Å². The summed E-state index contributed by atoms with van der Waals surface area (Å²) >= 11 is 12.1. The van der Waals surface area contributed by atoms with E-state index >= 15 is 0 Å². The van der Waals surface area contributed by atoms with Gasteiger partial charge in [0, 0.05) is 28.9 Å². The first-order valence-corrected chi connectivity index (χ1v) is 12.8. The van der Waals surface area contributed by atoms with E-state index in [1.807, 2.05) is 24.3 Å². The van der Waals surface area contributed by atoms with Gasteiger partial charge in [-0.1, -0.05) is 47.5 Å². The minimum Gasteiger partial charge on any atom is -0.496 e. The number of hydrogen-bond donors (Lipinski definition) is 2. The largest absolute Gasteiger partial charge is 0.496 e. The minimum atomic E-state index is -0.673. The van der Waals surface area contributed by atoms with Gasteiger partial charge in [0.15, 0.2) is 0 Å². The molecule has 1 aliphatic rings. The summed E-state index contributed by atoms with van der Waals surface area (Å²) in [7, 11) is 1.41. The molecule has 38 heavy (non-hydrogen) atoms. The van der Waals surface area contributed by atoms with Crippen LogP contribution in [0.3, 0.4) is 0 Å². The highest BCUT2D eigenvalue weighted by molar-refractivity contribution is 6.30. The zero-order valence-corrected chi connectivity index (χ0v) is 22.4. The summed E-state index contributed by atoms with van der Waals surface area (Å²) in [4.78, 5) is 42.5. The number of methoxy groups -OCH3 is 1. The SMILES string of the molecule is CCOC(=O)C1(CNC(=O)c2cc(OC)c(C(=O)NC(c3ccc(Cl)cc3)c3ccc(Cl)cc3)cn2)CC1. The van der Waals surface area contributed by atoms with Gasteiger partial charge in [0.2, 0.25) is 0 Å². The van der Waals surface area contributed by atoms with Gasteiger partial charge in [-0.05, 0) is 55.2 Å². The van der Waals surface area contributed by atoms with E-state index in [-0.39, 0.29) is 36.1 Å². The Hall–Kier alpha value is -3.62. The molecule has 4 rings (SSSR count). The Morgan fingerprint density at radius 2 is 1.55 bits per heavy atom. The van der Waals surface area contributed by atoms with Crippen molar-refractivity contribution in [2.45, 2.75) is 25.8 Å². The third-order valence-electron chi connectivity index (χ3n) is 6.39. The van der Waals surface area contributed by atoms with Crippen LogP contribution in [-0.4, -0.2) is 43.0 Å². The molecule has 0 saturated heterocycles. The van der Waals surface area contributed by atoms with E-state index in [4.69, 9.17) is 32.7 Å². The Kier molecular flexibility index (Phi) is 8.54. The Morgan fingerprint density at radius 3 is 2.05 bits per heavy atom. The van der Waals surface area contributed by atoms with Gasteiger partial charge >= 0.3 is 5.97 Å². The van der Waals surface area contributed by atoms with Crippen molar-refractivity contribution in [1.82, 2.24) is 15.6 Å². The van der Waals surface area contributed by atoms with Crippen molar-refractivity contribution in [3.63, 3.8) is 0 Å². The number of hydrogen-bond acceptors (Lipinski definition) is 6. The van der Waals surface area contributed by atoms with Crippen LogP contribution in [0, 0.1) is 5.41 Å². The average molecular weight is 556 g/mol. The Labute approximate surface area is 230 Å². The molecule has 0 atom stereocenters. The van der Waals surface area contributed by atoms with Crippen LogP contribution in [0.5, 0.6) is 5.75 Å². The zero-order chi connectivity index (χ0) is 27.3. The van der Waals surface area contributed by atoms with Gasteiger partial charge in [-0.3, -0.25) is 14.4 Å². The predicted molar refractivity (Wildman–Crippen MR) is 144 cm³/mol. The topological polar surface area (TPSA) is 107 Å². The molecule has 0 unspecified atom stereocenters. The van der Waals surface area contributed by atoms with Crippen LogP contribution in [-0.2, 0) is 9.53 Å². The van der Waals surface area contributed by atoms with Crippen molar-refractivity contribution >= 4 is 41.0 Å². The van der Waals surface area contributed by atoms with Gasteiger partial charge in [0.1, 0.15) is 11.4 Å². The van der Waals surface area contributed by atoms with Gasteiger partial charge in [-0.25, -0.2) is 4.98 Å². The van der Waals surface area contributed by atoms with Crippen LogP contribution in [0.2, 0.25) is 10.0 Å². The number of rotatable bonds is 10. The summed E-state index contributed by atoms with van der Waals surface area (Å²) < 4.78 is 10.5. The summed E-state index contributed by atoms with van der Waals surface area (Å²) in [5.74, 6) is -1.06. The highest BCUT2D eigenvalue weighted by atomic mass is 35.5. The van der Waals surface area contributed by atoms with Crippen molar-refractivity contribution < 1.29 is 23.9 Å². The summed E-state index contributed by atoms with van der Waals surface area (Å²) in [5.41, 5.74) is 1.16. The molecule has 1 aliphatic carbocycles. The lowest BCUT2D eigenvalue weighted by atomic mass is 9.98. The summed E-state index contributed by atoms with van der Waals surface area (Å²) in [6, 6.07) is 15.2. The van der Waals surface area contributed by atoms with Gasteiger partial charge in [0.05, 0.1) is 30.7 Å². The summed E-state index contributed by atoms with van der Waals surface area (Å²) in [6.45, 7) is 2.18. The van der Waals surface area contributed by atoms with E-state index in [9.17, 15) is 14.4 Å². The highest BCUT2D eigenvalue weighted by Crippen LogP contribution is 2.46. The second kappa shape index (κ2) is 11.8. The number of carbonyl (C=O) groups excluding carboxylic acids is 3. The monoisotopic (exact) mass is 555 g/mol. The van der Waals surface area contributed by atoms with Crippen molar-refractivity contribution in [3.8, 4) is 5.75 Å². The molecule has 2 N–H and O–H groups in total. The Balaban J connectivity index is 1.52. The van der Waals surface area contributed by atoms with Crippen molar-refractivity contribution in [2.24, 2.45) is 5.41 Å². The van der Waals surface area contributed by atoms with Crippen LogP contribution in [0.4, 0.5) is 0 Å². The lowest BCUT2D eigenvalue weighted by Gasteiger charge is -2.21. The Bertz CT molecular complexity index is 1280. The van der Waals surface area contributed by atoms with Crippen LogP contribution in [0.25, 0.3) is 0 Å². The fourth-order valence-corrected chi connectivity index (χ4v) is 4.26. The lowest BCUT2D eigenvalue weighted by molar-refractivity contribution is -0.149. The van der Waals surface area contributed by atoms with E-state index in [2.05, 4.69) is 15.6 Å². The number of nitrogens with one attached hydrogen (secondary N) is 2. The summed E-state index contributed by atoms with van der Waals surface area (Å²) in [5, 5.41) is 6.90. The minimum absolute atomic E-state index is 0.0602. The molecule has 1 aromatic heterocycles. The number of esters is 1. The molecule has 1 saturated carbocycles. The van der Waals surface area contributed by atoms with Gasteiger partial charge in [-0.2, -0.15) is 0 Å². The Morgan fingerprint density at radius 1 is 0.974 bits per heavy atom. The standard InChI is InChI=1S/C28H27Cl2N3O5/c1-3-38-27(36)28(12-13-28)16-32-26(35)22-14-23(37-2)21(15-31-22)25(34)33-24(17-4-8-19(29)9-5-17)18-6-10-20(30)11-7-18/h4-11,14-15,24H,3,12-13,16H2,1-2H3,(H,32,35)(H,33,34). The molecule has 10 heteroatoms. The van der Waals surface area contributed by atoms with Crippen molar-refractivity contribution in [1.29, 1.82) is 0 Å². The second-order valence-electron chi connectivity index (χ2n) is 8.96. The number of carbonyl (C=O) groups is 3. The molecular formula is C28H27Cl2N3O5. The second-order valence-corrected chi connectivity index (χ2v) is 9.84. The maximum Gasteiger partial charge on any atom is 0.313 e. The molecule has 0 radical (unpaired) electrons. The van der Waals surface area contributed by atoms with Crippen molar-refractivity contribution in [2.75, 3.05) is 20.3 Å². The molecule has 2 aromatic carbocycles. The molecule has 1 heterocycles. The number of pyridine rings is 1. The van der Waals surface area contributed by atoms with Crippen molar-refractivity contribution in [3.05, 3.63) is 93.2 Å². The number of amides is 2. The number of ether oxygens (including phenoxy) is 2. The third kappa shape index (κ3) is 6.26. The van der Waals surface area contributed by atoms with E-state index in [0.717, 1.165) is 11.1 Å². The zero-order valence-electron chi connectivity index (χ0n) is 20.9.